The van der Waals surface area contributed by atoms with Crippen LogP contribution in [0.5, 0.6) is 5.75 Å². The Kier molecular flexibility index (Phi) is 4.98. The summed E-state index contributed by atoms with van der Waals surface area (Å²) in [5, 5.41) is 15.6. The maximum absolute atomic E-state index is 13.4. The number of pyridine rings is 1. The van der Waals surface area contributed by atoms with E-state index in [0.717, 1.165) is 12.8 Å². The van der Waals surface area contributed by atoms with Gasteiger partial charge < -0.3 is 15.8 Å². The highest BCUT2D eigenvalue weighted by molar-refractivity contribution is 7.90. The molecule has 0 radical (unpaired) electrons. The van der Waals surface area contributed by atoms with Gasteiger partial charge in [0.25, 0.3) is 15.6 Å². The molecule has 0 spiro atoms. The molecule has 5 rings (SSSR count). The van der Waals surface area contributed by atoms with E-state index in [1.165, 1.54) is 41.3 Å². The van der Waals surface area contributed by atoms with Crippen molar-refractivity contribution in [2.24, 2.45) is 10.3 Å². The second kappa shape index (κ2) is 7.69. The fourth-order valence-corrected chi connectivity index (χ4v) is 6.25. The summed E-state index contributed by atoms with van der Waals surface area (Å²) >= 11 is 1.28. The van der Waals surface area contributed by atoms with Gasteiger partial charge in [-0.3, -0.25) is 4.79 Å². The lowest BCUT2D eigenvalue weighted by atomic mass is 9.89. The van der Waals surface area contributed by atoms with Crippen molar-refractivity contribution in [3.05, 3.63) is 51.6 Å². The summed E-state index contributed by atoms with van der Waals surface area (Å²) in [7, 11) is -4.01. The van der Waals surface area contributed by atoms with Gasteiger partial charge in [0.1, 0.15) is 10.5 Å². The third-order valence-electron chi connectivity index (χ3n) is 5.88. The summed E-state index contributed by atoms with van der Waals surface area (Å²) in [6, 6.07) is 8.11. The minimum absolute atomic E-state index is 0.0335. The number of hydrogen-bond acceptors (Lipinski definition) is 7. The van der Waals surface area contributed by atoms with Crippen LogP contribution < -0.4 is 16.3 Å². The van der Waals surface area contributed by atoms with E-state index in [1.807, 2.05) is 0 Å². The Hall–Kier alpha value is -2.85. The van der Waals surface area contributed by atoms with Crippen LogP contribution in [0.15, 0.2) is 49.8 Å². The first-order valence-electron chi connectivity index (χ1n) is 10.3. The molecule has 2 aromatic heterocycles. The first-order chi connectivity index (χ1) is 15.0. The van der Waals surface area contributed by atoms with Crippen molar-refractivity contribution in [1.82, 2.24) is 4.68 Å². The fraction of sp³-hybridized carbons (Fsp3) is 0.333. The molecule has 3 heterocycles. The molecule has 10 heteroatoms. The maximum Gasteiger partial charge on any atom is 0.286 e. The molecule has 1 saturated carbocycles. The quantitative estimate of drug-likeness (QED) is 0.552. The van der Waals surface area contributed by atoms with Crippen molar-refractivity contribution in [1.29, 1.82) is 0 Å². The number of sulfonamides is 1. The van der Waals surface area contributed by atoms with Crippen LogP contribution in [0.2, 0.25) is 0 Å². The van der Waals surface area contributed by atoms with Gasteiger partial charge in [0, 0.05) is 6.54 Å². The minimum atomic E-state index is -4.01. The van der Waals surface area contributed by atoms with Crippen molar-refractivity contribution in [2.75, 3.05) is 17.3 Å². The average molecular weight is 459 g/mol. The fourth-order valence-electron chi connectivity index (χ4n) is 4.30. The second-order valence-corrected chi connectivity index (χ2v) is 10.4. The van der Waals surface area contributed by atoms with Crippen LogP contribution in [-0.4, -0.2) is 30.6 Å². The first-order valence-corrected chi connectivity index (χ1v) is 12.6. The van der Waals surface area contributed by atoms with E-state index >= 15 is 0 Å². The Balaban J connectivity index is 1.61. The van der Waals surface area contributed by atoms with Crippen LogP contribution in [0.25, 0.3) is 10.2 Å². The summed E-state index contributed by atoms with van der Waals surface area (Å²) in [5.41, 5.74) is 3.40. The zero-order valence-electron chi connectivity index (χ0n) is 16.7. The van der Waals surface area contributed by atoms with Crippen LogP contribution in [0.1, 0.15) is 37.7 Å². The van der Waals surface area contributed by atoms with Crippen molar-refractivity contribution < 1.29 is 13.5 Å². The van der Waals surface area contributed by atoms with E-state index in [2.05, 4.69) is 15.1 Å². The number of nitrogens with one attached hydrogen (secondary N) is 2. The highest BCUT2D eigenvalue weighted by Gasteiger charge is 2.30. The van der Waals surface area contributed by atoms with Gasteiger partial charge in [0.2, 0.25) is 0 Å². The largest absolute Gasteiger partial charge is 0.505 e. The number of aromatic nitrogens is 1. The monoisotopic (exact) mass is 458 g/mol. The molecule has 3 aromatic rings. The van der Waals surface area contributed by atoms with Crippen LogP contribution in [0, 0.1) is 5.92 Å². The van der Waals surface area contributed by atoms with Crippen LogP contribution in [0.4, 0.5) is 5.69 Å². The molecule has 0 bridgehead atoms. The second-order valence-electron chi connectivity index (χ2n) is 7.90. The van der Waals surface area contributed by atoms with E-state index in [1.54, 1.807) is 29.6 Å². The number of aromatic hydroxyl groups is 1. The van der Waals surface area contributed by atoms with Crippen molar-refractivity contribution in [3.63, 3.8) is 0 Å². The Bertz CT molecular complexity index is 1350. The summed E-state index contributed by atoms with van der Waals surface area (Å²) in [5.74, 6) is 0.0280. The van der Waals surface area contributed by atoms with Gasteiger partial charge in [-0.05, 0) is 42.3 Å². The molecule has 1 aromatic carbocycles. The molecule has 162 valence electrons. The van der Waals surface area contributed by atoms with Gasteiger partial charge in [-0.15, -0.1) is 15.7 Å². The molecule has 0 unspecified atom stereocenters. The van der Waals surface area contributed by atoms with E-state index in [9.17, 15) is 18.3 Å². The molecule has 1 fully saturated rings. The zero-order chi connectivity index (χ0) is 21.6. The maximum atomic E-state index is 13.4. The zero-order valence-corrected chi connectivity index (χ0v) is 18.3. The van der Waals surface area contributed by atoms with Gasteiger partial charge in [-0.2, -0.15) is 8.42 Å². The van der Waals surface area contributed by atoms with Gasteiger partial charge in [-0.1, -0.05) is 31.4 Å². The number of rotatable bonds is 4. The number of para-hydroxylation sites is 1. The summed E-state index contributed by atoms with van der Waals surface area (Å²) in [6.07, 6.45) is 5.85. The number of nitrogens with zero attached hydrogens (tertiary/aromatic N) is 2. The molecule has 1 aliphatic heterocycles. The number of anilines is 1. The lowest BCUT2D eigenvalue weighted by Crippen LogP contribution is -2.37. The first kappa shape index (κ1) is 20.1. The van der Waals surface area contributed by atoms with Gasteiger partial charge in [0.05, 0.1) is 15.9 Å². The molecule has 1 aliphatic carbocycles. The Labute approximate surface area is 183 Å². The van der Waals surface area contributed by atoms with Crippen LogP contribution in [0.3, 0.4) is 0 Å². The Morgan fingerprint density at radius 2 is 1.97 bits per heavy atom. The molecule has 3 N–H and O–H groups in total. The standard InChI is InChI=1S/C21H22N4O4S2/c26-18-17(20-23-14-8-4-5-9-16(14)31(28,29)24-20)21(27)25(15-10-11-30-19(15)18)22-12-13-6-2-1-3-7-13/h4-5,8-11,13,22,26H,1-3,6-7,12H2,(H,23,24). The summed E-state index contributed by atoms with van der Waals surface area (Å²) < 4.78 is 31.1. The molecule has 2 aliphatic rings. The number of benzene rings is 1. The number of fused-ring (bicyclic) bond motifs is 2. The smallest absolute Gasteiger partial charge is 0.286 e. The molecular weight excluding hydrogens is 436 g/mol. The highest BCUT2D eigenvalue weighted by atomic mass is 32.2. The summed E-state index contributed by atoms with van der Waals surface area (Å²) in [4.78, 5) is 13.5. The van der Waals surface area contributed by atoms with Gasteiger partial charge >= 0.3 is 0 Å². The molecule has 31 heavy (non-hydrogen) atoms. The predicted molar refractivity (Wildman–Crippen MR) is 122 cm³/mol. The normalized spacial score (nSPS) is 18.3. The lowest BCUT2D eigenvalue weighted by Gasteiger charge is -2.24. The van der Waals surface area contributed by atoms with E-state index < -0.39 is 15.6 Å². The highest BCUT2D eigenvalue weighted by Crippen LogP contribution is 2.34. The lowest BCUT2D eigenvalue weighted by molar-refractivity contribution is 0.366. The average Bonchev–Trinajstić information content (AvgIpc) is 3.24. The van der Waals surface area contributed by atoms with Crippen LogP contribution >= 0.6 is 11.3 Å². The molecule has 0 saturated heterocycles. The van der Waals surface area contributed by atoms with Crippen molar-refractivity contribution in [2.45, 2.75) is 37.0 Å². The number of amidine groups is 1. The topological polar surface area (TPSA) is 113 Å². The van der Waals surface area contributed by atoms with Gasteiger partial charge in [0.15, 0.2) is 11.6 Å². The van der Waals surface area contributed by atoms with Crippen molar-refractivity contribution in [3.8, 4) is 5.75 Å². The predicted octanol–water partition coefficient (Wildman–Crippen LogP) is 3.45. The van der Waals surface area contributed by atoms with E-state index in [0.29, 0.717) is 28.4 Å². The Morgan fingerprint density at radius 1 is 1.19 bits per heavy atom. The van der Waals surface area contributed by atoms with Gasteiger partial charge in [-0.25, -0.2) is 4.68 Å². The minimum Gasteiger partial charge on any atom is -0.505 e. The SMILES string of the molecule is O=c1c(C2=NS(=O)(=O)c3ccccc3N2)c(O)c2sccc2n1NCC1CCCCC1. The number of thiophene rings is 1. The molecule has 0 atom stereocenters. The number of hydrogen-bond donors (Lipinski definition) is 3. The van der Waals surface area contributed by atoms with E-state index in [4.69, 9.17) is 0 Å². The molecular formula is C21H22N4O4S2. The van der Waals surface area contributed by atoms with Crippen molar-refractivity contribution >= 4 is 43.1 Å². The molecule has 8 nitrogen and oxygen atoms in total. The third kappa shape index (κ3) is 3.49. The molecule has 0 amide bonds. The third-order valence-corrected chi connectivity index (χ3v) is 8.13. The summed E-state index contributed by atoms with van der Waals surface area (Å²) in [6.45, 7) is 0.635. The van der Waals surface area contributed by atoms with E-state index in [-0.39, 0.29) is 22.0 Å². The van der Waals surface area contributed by atoms with Crippen LogP contribution in [-0.2, 0) is 10.0 Å². The Morgan fingerprint density at radius 3 is 2.77 bits per heavy atom.